The van der Waals surface area contributed by atoms with Crippen molar-refractivity contribution < 1.29 is 14.3 Å². The largest absolute Gasteiger partial charge is 0.490 e. The maximum Gasteiger partial charge on any atom is 0.260 e. The van der Waals surface area contributed by atoms with Crippen LogP contribution in [0, 0.1) is 13.8 Å². The molecule has 0 unspecified atom stereocenters. The summed E-state index contributed by atoms with van der Waals surface area (Å²) >= 11 is 1.53. The van der Waals surface area contributed by atoms with Gasteiger partial charge in [-0.25, -0.2) is 4.98 Å². The summed E-state index contributed by atoms with van der Waals surface area (Å²) in [5.41, 5.74) is 4.64. The Morgan fingerprint density at radius 1 is 1.03 bits per heavy atom. The maximum absolute atomic E-state index is 13.8. The fraction of sp³-hybridized carbons (Fsp3) is 0.269. The Balaban J connectivity index is 1.77. The molecule has 0 N–H and O–H groups in total. The lowest BCUT2D eigenvalue weighted by atomic mass is 10.1. The van der Waals surface area contributed by atoms with Crippen LogP contribution >= 0.6 is 11.3 Å². The minimum atomic E-state index is -0.156. The third-order valence-electron chi connectivity index (χ3n) is 5.14. The molecule has 2 aromatic heterocycles. The Morgan fingerprint density at radius 2 is 1.82 bits per heavy atom. The second kappa shape index (κ2) is 10.0. The van der Waals surface area contributed by atoms with E-state index in [0.29, 0.717) is 42.0 Å². The molecule has 0 atom stereocenters. The van der Waals surface area contributed by atoms with E-state index in [9.17, 15) is 4.79 Å². The van der Waals surface area contributed by atoms with Crippen LogP contribution in [-0.2, 0) is 6.54 Å². The number of pyridine rings is 1. The van der Waals surface area contributed by atoms with Crippen molar-refractivity contribution in [3.63, 3.8) is 0 Å². The molecule has 0 saturated carbocycles. The molecule has 33 heavy (non-hydrogen) atoms. The average molecular weight is 462 g/mol. The third kappa shape index (κ3) is 4.98. The van der Waals surface area contributed by atoms with Crippen molar-refractivity contribution in [2.45, 2.75) is 34.2 Å². The lowest BCUT2D eigenvalue weighted by molar-refractivity contribution is 0.0984. The van der Waals surface area contributed by atoms with E-state index >= 15 is 0 Å². The molecular weight excluding hydrogens is 434 g/mol. The maximum atomic E-state index is 13.8. The first-order chi connectivity index (χ1) is 16.0. The normalized spacial score (nSPS) is 10.9. The van der Waals surface area contributed by atoms with Crippen LogP contribution in [0.5, 0.6) is 11.5 Å². The fourth-order valence-electron chi connectivity index (χ4n) is 3.72. The highest BCUT2D eigenvalue weighted by molar-refractivity contribution is 7.22. The summed E-state index contributed by atoms with van der Waals surface area (Å²) in [6.07, 6.45) is 3.49. The van der Waals surface area contributed by atoms with Gasteiger partial charge >= 0.3 is 0 Å². The second-order valence-corrected chi connectivity index (χ2v) is 8.68. The lowest BCUT2D eigenvalue weighted by Gasteiger charge is -2.21. The zero-order chi connectivity index (χ0) is 23.4. The molecule has 0 aliphatic rings. The SMILES string of the molecule is CCOc1ccc(C(=O)N(Cc2cccnc2)c2nc3cc(C)cc(C)c3s2)cc1OCC. The number of fused-ring (bicyclic) bond motifs is 1. The Morgan fingerprint density at radius 3 is 2.55 bits per heavy atom. The van der Waals surface area contributed by atoms with Crippen LogP contribution in [0.3, 0.4) is 0 Å². The van der Waals surface area contributed by atoms with E-state index in [1.165, 1.54) is 11.3 Å². The first kappa shape index (κ1) is 22.7. The Hall–Kier alpha value is -3.45. The van der Waals surface area contributed by atoms with E-state index in [1.807, 2.05) is 26.0 Å². The number of rotatable bonds is 8. The van der Waals surface area contributed by atoms with Gasteiger partial charge in [0.05, 0.1) is 30.0 Å². The highest BCUT2D eigenvalue weighted by Crippen LogP contribution is 2.35. The van der Waals surface area contributed by atoms with Gasteiger partial charge in [0.2, 0.25) is 0 Å². The zero-order valence-corrected chi connectivity index (χ0v) is 20.1. The van der Waals surface area contributed by atoms with Crippen molar-refractivity contribution in [3.8, 4) is 11.5 Å². The van der Waals surface area contributed by atoms with E-state index in [2.05, 4.69) is 31.0 Å². The summed E-state index contributed by atoms with van der Waals surface area (Å²) < 4.78 is 12.5. The predicted molar refractivity (Wildman–Crippen MR) is 133 cm³/mol. The van der Waals surface area contributed by atoms with Gasteiger partial charge in [-0.05, 0) is 74.7 Å². The van der Waals surface area contributed by atoms with Gasteiger partial charge in [-0.2, -0.15) is 0 Å². The van der Waals surface area contributed by atoms with Crippen LogP contribution in [0.1, 0.15) is 40.9 Å². The quantitative estimate of drug-likeness (QED) is 0.324. The van der Waals surface area contributed by atoms with E-state index in [-0.39, 0.29) is 5.91 Å². The molecule has 0 saturated heterocycles. The van der Waals surface area contributed by atoms with Crippen molar-refractivity contribution in [1.82, 2.24) is 9.97 Å². The number of hydrogen-bond donors (Lipinski definition) is 0. The molecule has 2 heterocycles. The van der Waals surface area contributed by atoms with Crippen LogP contribution in [0.2, 0.25) is 0 Å². The summed E-state index contributed by atoms with van der Waals surface area (Å²) in [5.74, 6) is 1.03. The number of benzene rings is 2. The smallest absolute Gasteiger partial charge is 0.260 e. The van der Waals surface area contributed by atoms with Gasteiger partial charge < -0.3 is 9.47 Å². The molecule has 7 heteroatoms. The molecule has 4 aromatic rings. The van der Waals surface area contributed by atoms with Gasteiger partial charge in [-0.15, -0.1) is 0 Å². The first-order valence-electron chi connectivity index (χ1n) is 11.0. The van der Waals surface area contributed by atoms with Crippen molar-refractivity contribution >= 4 is 32.6 Å². The highest BCUT2D eigenvalue weighted by atomic mass is 32.1. The fourth-order valence-corrected chi connectivity index (χ4v) is 4.73. The molecule has 1 amide bonds. The van der Waals surface area contributed by atoms with Crippen LogP contribution in [0.25, 0.3) is 10.2 Å². The number of ether oxygens (including phenoxy) is 2. The van der Waals surface area contributed by atoms with Gasteiger partial charge in [0.15, 0.2) is 16.6 Å². The molecule has 170 valence electrons. The summed E-state index contributed by atoms with van der Waals surface area (Å²) in [7, 11) is 0. The molecule has 0 radical (unpaired) electrons. The number of amides is 1. The van der Waals surface area contributed by atoms with Gasteiger partial charge in [-0.3, -0.25) is 14.7 Å². The van der Waals surface area contributed by atoms with Gasteiger partial charge in [-0.1, -0.05) is 23.5 Å². The molecule has 0 spiro atoms. The van der Waals surface area contributed by atoms with Gasteiger partial charge in [0.25, 0.3) is 5.91 Å². The summed E-state index contributed by atoms with van der Waals surface area (Å²) in [5, 5.41) is 0.652. The highest BCUT2D eigenvalue weighted by Gasteiger charge is 2.24. The molecule has 0 aliphatic heterocycles. The van der Waals surface area contributed by atoms with Gasteiger partial charge in [0.1, 0.15) is 0 Å². The molecular formula is C26H27N3O3S. The Kier molecular flexibility index (Phi) is 6.89. The number of hydrogen-bond acceptors (Lipinski definition) is 6. The molecule has 6 nitrogen and oxygen atoms in total. The monoisotopic (exact) mass is 461 g/mol. The van der Waals surface area contributed by atoms with Crippen molar-refractivity contribution in [2.24, 2.45) is 0 Å². The molecule has 2 aromatic carbocycles. The number of aromatic nitrogens is 2. The second-order valence-electron chi connectivity index (χ2n) is 7.71. The standard InChI is InChI=1S/C26H27N3O3S/c1-5-31-22-10-9-20(14-23(22)32-6-2)25(30)29(16-19-8-7-11-27-15-19)26-28-21-13-17(3)12-18(4)24(21)33-26/h7-15H,5-6,16H2,1-4H3. The molecule has 0 bridgehead atoms. The molecule has 0 aliphatic carbocycles. The number of carbonyl (C=O) groups excluding carboxylic acids is 1. The minimum absolute atomic E-state index is 0.156. The van der Waals surface area contributed by atoms with E-state index in [1.54, 1.807) is 35.5 Å². The summed E-state index contributed by atoms with van der Waals surface area (Å²) in [6, 6.07) is 13.3. The van der Waals surface area contributed by atoms with Crippen molar-refractivity contribution in [1.29, 1.82) is 0 Å². The summed E-state index contributed by atoms with van der Waals surface area (Å²) in [6.45, 7) is 9.32. The van der Waals surface area contributed by atoms with Crippen LogP contribution < -0.4 is 14.4 Å². The summed E-state index contributed by atoms with van der Waals surface area (Å²) in [4.78, 5) is 24.5. The van der Waals surface area contributed by atoms with E-state index in [0.717, 1.165) is 26.9 Å². The topological polar surface area (TPSA) is 64.5 Å². The van der Waals surface area contributed by atoms with Crippen molar-refractivity contribution in [2.75, 3.05) is 18.1 Å². The number of carbonyl (C=O) groups is 1. The number of thiazole rings is 1. The predicted octanol–water partition coefficient (Wildman–Crippen LogP) is 5.95. The number of nitrogens with zero attached hydrogens (tertiary/aromatic N) is 3. The van der Waals surface area contributed by atoms with E-state index < -0.39 is 0 Å². The zero-order valence-electron chi connectivity index (χ0n) is 19.3. The Labute approximate surface area is 197 Å². The number of aryl methyl sites for hydroxylation is 2. The Bertz CT molecular complexity index is 1270. The van der Waals surface area contributed by atoms with Crippen molar-refractivity contribution in [3.05, 3.63) is 77.1 Å². The number of anilines is 1. The van der Waals surface area contributed by atoms with E-state index in [4.69, 9.17) is 14.5 Å². The van der Waals surface area contributed by atoms with Crippen LogP contribution in [-0.4, -0.2) is 29.1 Å². The minimum Gasteiger partial charge on any atom is -0.490 e. The lowest BCUT2D eigenvalue weighted by Crippen LogP contribution is -2.30. The third-order valence-corrected chi connectivity index (χ3v) is 6.37. The average Bonchev–Trinajstić information content (AvgIpc) is 3.23. The molecule has 0 fully saturated rings. The van der Waals surface area contributed by atoms with Crippen LogP contribution in [0.4, 0.5) is 5.13 Å². The first-order valence-corrected chi connectivity index (χ1v) is 11.8. The molecule has 4 rings (SSSR count). The van der Waals surface area contributed by atoms with Gasteiger partial charge in [0, 0.05) is 18.0 Å². The van der Waals surface area contributed by atoms with Crippen LogP contribution in [0.15, 0.2) is 54.9 Å².